The summed E-state index contributed by atoms with van der Waals surface area (Å²) in [7, 11) is 0. The normalized spacial score (nSPS) is 20.4. The van der Waals surface area contributed by atoms with Crippen molar-refractivity contribution in [1.29, 1.82) is 0 Å². The maximum Gasteiger partial charge on any atom is 0.328 e. The first kappa shape index (κ1) is 11.2. The average Bonchev–Trinajstić information content (AvgIpc) is 2.18. The van der Waals surface area contributed by atoms with Gasteiger partial charge in [-0.2, -0.15) is 0 Å². The number of piperidine rings is 1. The van der Waals surface area contributed by atoms with E-state index >= 15 is 0 Å². The summed E-state index contributed by atoms with van der Waals surface area (Å²) in [5.41, 5.74) is 0. The number of carboxylic acids is 1. The summed E-state index contributed by atoms with van der Waals surface area (Å²) >= 11 is 0. The summed E-state index contributed by atoms with van der Waals surface area (Å²) in [6.45, 7) is 5.25. The molecule has 14 heavy (non-hydrogen) atoms. The van der Waals surface area contributed by atoms with E-state index in [4.69, 9.17) is 5.11 Å². The summed E-state index contributed by atoms with van der Waals surface area (Å²) in [6.07, 6.45) is 6.76. The highest BCUT2D eigenvalue weighted by Crippen LogP contribution is 2.19. The average molecular weight is 197 g/mol. The lowest BCUT2D eigenvalue weighted by Crippen LogP contribution is -2.33. The van der Waals surface area contributed by atoms with Crippen LogP contribution in [0.5, 0.6) is 0 Å². The molecule has 0 unspecified atom stereocenters. The molecule has 1 fully saturated rings. The molecule has 0 amide bonds. The number of aliphatic carboxylic acids is 1. The molecule has 0 aromatic heterocycles. The molecule has 1 N–H and O–H groups in total. The fourth-order valence-electron chi connectivity index (χ4n) is 1.88. The molecule has 0 spiro atoms. The lowest BCUT2D eigenvalue weighted by Gasteiger charge is -2.30. The van der Waals surface area contributed by atoms with Crippen molar-refractivity contribution in [3.05, 3.63) is 12.2 Å². The standard InChI is InChI=1S/C11H19NO2/c1-2-10-5-8-12(9-6-10)7-3-4-11(13)14/h3-4,10H,2,5-9H2,1H3,(H,13,14)/b4-3+. The van der Waals surface area contributed by atoms with Crippen LogP contribution < -0.4 is 0 Å². The predicted octanol–water partition coefficient (Wildman–Crippen LogP) is 1.75. The van der Waals surface area contributed by atoms with Gasteiger partial charge in [0.25, 0.3) is 0 Å². The zero-order chi connectivity index (χ0) is 10.4. The zero-order valence-corrected chi connectivity index (χ0v) is 8.78. The lowest BCUT2D eigenvalue weighted by molar-refractivity contribution is -0.131. The van der Waals surface area contributed by atoms with E-state index in [0.29, 0.717) is 0 Å². The van der Waals surface area contributed by atoms with Gasteiger partial charge in [-0.3, -0.25) is 4.90 Å². The van der Waals surface area contributed by atoms with Crippen LogP contribution >= 0.6 is 0 Å². The molecular formula is C11H19NO2. The molecule has 3 heteroatoms. The molecule has 0 aliphatic carbocycles. The van der Waals surface area contributed by atoms with Crippen LogP contribution in [-0.2, 0) is 4.79 Å². The van der Waals surface area contributed by atoms with Crippen LogP contribution in [-0.4, -0.2) is 35.6 Å². The molecular weight excluding hydrogens is 178 g/mol. The van der Waals surface area contributed by atoms with E-state index < -0.39 is 5.97 Å². The van der Waals surface area contributed by atoms with Gasteiger partial charge in [0.2, 0.25) is 0 Å². The maximum absolute atomic E-state index is 10.2. The Kier molecular flexibility index (Phi) is 4.66. The third-order valence-electron chi connectivity index (χ3n) is 2.91. The second-order valence-corrected chi connectivity index (χ2v) is 3.89. The van der Waals surface area contributed by atoms with Crippen molar-refractivity contribution in [3.63, 3.8) is 0 Å². The Morgan fingerprint density at radius 3 is 2.64 bits per heavy atom. The third-order valence-corrected chi connectivity index (χ3v) is 2.91. The topological polar surface area (TPSA) is 40.5 Å². The summed E-state index contributed by atoms with van der Waals surface area (Å²) in [4.78, 5) is 12.5. The van der Waals surface area contributed by atoms with E-state index in [9.17, 15) is 4.79 Å². The molecule has 1 rings (SSSR count). The number of nitrogens with zero attached hydrogens (tertiary/aromatic N) is 1. The van der Waals surface area contributed by atoms with Gasteiger partial charge in [-0.15, -0.1) is 0 Å². The monoisotopic (exact) mass is 197 g/mol. The predicted molar refractivity (Wildman–Crippen MR) is 56.2 cm³/mol. The number of hydrogen-bond donors (Lipinski definition) is 1. The van der Waals surface area contributed by atoms with Crippen LogP contribution in [0, 0.1) is 5.92 Å². The molecule has 0 bridgehead atoms. The summed E-state index contributed by atoms with van der Waals surface area (Å²) < 4.78 is 0. The Morgan fingerprint density at radius 2 is 2.14 bits per heavy atom. The van der Waals surface area contributed by atoms with Crippen molar-refractivity contribution in [2.45, 2.75) is 26.2 Å². The molecule has 0 aromatic rings. The van der Waals surface area contributed by atoms with Crippen LogP contribution in [0.2, 0.25) is 0 Å². The van der Waals surface area contributed by atoms with Gasteiger partial charge in [0.05, 0.1) is 0 Å². The summed E-state index contributed by atoms with van der Waals surface area (Å²) in [5, 5.41) is 8.42. The van der Waals surface area contributed by atoms with Crippen molar-refractivity contribution in [2.24, 2.45) is 5.92 Å². The maximum atomic E-state index is 10.2. The van der Waals surface area contributed by atoms with Crippen LogP contribution in [0.25, 0.3) is 0 Å². The smallest absolute Gasteiger partial charge is 0.328 e. The Hall–Kier alpha value is -0.830. The fraction of sp³-hybridized carbons (Fsp3) is 0.727. The zero-order valence-electron chi connectivity index (χ0n) is 8.78. The Morgan fingerprint density at radius 1 is 1.50 bits per heavy atom. The largest absolute Gasteiger partial charge is 0.478 e. The van der Waals surface area contributed by atoms with E-state index in [2.05, 4.69) is 11.8 Å². The van der Waals surface area contributed by atoms with E-state index in [1.54, 1.807) is 6.08 Å². The first-order chi connectivity index (χ1) is 6.72. The van der Waals surface area contributed by atoms with E-state index in [1.165, 1.54) is 25.3 Å². The first-order valence-corrected chi connectivity index (χ1v) is 5.34. The van der Waals surface area contributed by atoms with Gasteiger partial charge in [0.1, 0.15) is 0 Å². The van der Waals surface area contributed by atoms with Crippen LogP contribution in [0.15, 0.2) is 12.2 Å². The van der Waals surface area contributed by atoms with Crippen molar-refractivity contribution >= 4 is 5.97 Å². The number of likely N-dealkylation sites (tertiary alicyclic amines) is 1. The SMILES string of the molecule is CCC1CCN(C/C=C/C(=O)O)CC1. The molecule has 0 atom stereocenters. The van der Waals surface area contributed by atoms with E-state index in [0.717, 1.165) is 25.6 Å². The number of carbonyl (C=O) groups is 1. The second kappa shape index (κ2) is 5.81. The molecule has 0 saturated carbocycles. The summed E-state index contributed by atoms with van der Waals surface area (Å²) in [5.74, 6) is 0.0307. The molecule has 80 valence electrons. The van der Waals surface area contributed by atoms with Crippen LogP contribution in [0.4, 0.5) is 0 Å². The molecule has 1 heterocycles. The minimum Gasteiger partial charge on any atom is -0.478 e. The number of carboxylic acid groups (broad SMARTS) is 1. The molecule has 1 aliphatic rings. The third kappa shape index (κ3) is 3.92. The molecule has 0 radical (unpaired) electrons. The number of rotatable bonds is 4. The number of hydrogen-bond acceptors (Lipinski definition) is 2. The highest BCUT2D eigenvalue weighted by Gasteiger charge is 2.16. The van der Waals surface area contributed by atoms with Crippen LogP contribution in [0.3, 0.4) is 0 Å². The van der Waals surface area contributed by atoms with Crippen molar-refractivity contribution in [2.75, 3.05) is 19.6 Å². The van der Waals surface area contributed by atoms with Gasteiger partial charge in [0.15, 0.2) is 0 Å². The lowest BCUT2D eigenvalue weighted by atomic mass is 9.94. The van der Waals surface area contributed by atoms with Gasteiger partial charge in [-0.05, 0) is 31.8 Å². The Bertz CT molecular complexity index is 205. The van der Waals surface area contributed by atoms with Crippen molar-refractivity contribution < 1.29 is 9.90 Å². The fourth-order valence-corrected chi connectivity index (χ4v) is 1.88. The second-order valence-electron chi connectivity index (χ2n) is 3.89. The van der Waals surface area contributed by atoms with Gasteiger partial charge >= 0.3 is 5.97 Å². The first-order valence-electron chi connectivity index (χ1n) is 5.34. The molecule has 3 nitrogen and oxygen atoms in total. The Balaban J connectivity index is 2.19. The molecule has 1 saturated heterocycles. The van der Waals surface area contributed by atoms with E-state index in [1.807, 2.05) is 0 Å². The van der Waals surface area contributed by atoms with Gasteiger partial charge in [-0.25, -0.2) is 4.79 Å². The molecule has 1 aliphatic heterocycles. The van der Waals surface area contributed by atoms with Gasteiger partial charge < -0.3 is 5.11 Å². The highest BCUT2D eigenvalue weighted by molar-refractivity contribution is 5.79. The van der Waals surface area contributed by atoms with Gasteiger partial charge in [-0.1, -0.05) is 19.4 Å². The minimum absolute atomic E-state index is 0.780. The van der Waals surface area contributed by atoms with E-state index in [-0.39, 0.29) is 0 Å². The minimum atomic E-state index is -0.853. The summed E-state index contributed by atoms with van der Waals surface area (Å²) in [6, 6.07) is 0. The molecule has 0 aromatic carbocycles. The Labute approximate surface area is 85.4 Å². The van der Waals surface area contributed by atoms with Crippen LogP contribution in [0.1, 0.15) is 26.2 Å². The van der Waals surface area contributed by atoms with Gasteiger partial charge in [0, 0.05) is 12.6 Å². The highest BCUT2D eigenvalue weighted by atomic mass is 16.4. The van der Waals surface area contributed by atoms with Crippen molar-refractivity contribution in [3.8, 4) is 0 Å². The quantitative estimate of drug-likeness (QED) is 0.698. The van der Waals surface area contributed by atoms with Crippen molar-refractivity contribution in [1.82, 2.24) is 4.90 Å².